The SMILES string of the molecule is CCCCCO[C@@H]([C@H](O)[C@H](O)CO)[C@H](C=O)OS(=O)(=O)O. The summed E-state index contributed by atoms with van der Waals surface area (Å²) >= 11 is 0. The molecule has 0 amide bonds. The monoisotopic (exact) mass is 330 g/mol. The van der Waals surface area contributed by atoms with Gasteiger partial charge in [-0.2, -0.15) is 8.42 Å². The third kappa shape index (κ3) is 8.41. The van der Waals surface area contributed by atoms with E-state index >= 15 is 0 Å². The topological polar surface area (TPSA) is 151 Å². The van der Waals surface area contributed by atoms with E-state index in [-0.39, 0.29) is 12.9 Å². The maximum absolute atomic E-state index is 10.9. The number of ether oxygens (including phenoxy) is 1. The second-order valence-corrected chi connectivity index (χ2v) is 5.46. The Kier molecular flexibility index (Phi) is 9.86. The summed E-state index contributed by atoms with van der Waals surface area (Å²) in [4.78, 5) is 10.9. The number of aliphatic hydroxyl groups is 3. The van der Waals surface area contributed by atoms with Crippen LogP contribution < -0.4 is 0 Å². The summed E-state index contributed by atoms with van der Waals surface area (Å²) in [5.74, 6) is 0. The fourth-order valence-corrected chi connectivity index (χ4v) is 2.02. The second-order valence-electron chi connectivity index (χ2n) is 4.41. The van der Waals surface area contributed by atoms with E-state index in [1.165, 1.54) is 0 Å². The molecule has 0 aromatic rings. The molecule has 9 nitrogen and oxygen atoms in total. The Morgan fingerprint density at radius 3 is 2.29 bits per heavy atom. The van der Waals surface area contributed by atoms with Crippen molar-refractivity contribution in [2.24, 2.45) is 0 Å². The predicted molar refractivity (Wildman–Crippen MR) is 70.9 cm³/mol. The van der Waals surface area contributed by atoms with Gasteiger partial charge in [-0.05, 0) is 6.42 Å². The van der Waals surface area contributed by atoms with Crippen molar-refractivity contribution in [2.75, 3.05) is 13.2 Å². The normalized spacial score (nSPS) is 18.0. The van der Waals surface area contributed by atoms with Gasteiger partial charge >= 0.3 is 10.4 Å². The molecule has 0 aromatic carbocycles. The molecule has 0 fully saturated rings. The number of hydrogen-bond acceptors (Lipinski definition) is 8. The smallest absolute Gasteiger partial charge is 0.394 e. The Morgan fingerprint density at radius 2 is 1.86 bits per heavy atom. The fraction of sp³-hybridized carbons (Fsp3) is 0.909. The number of rotatable bonds is 12. The standard InChI is InChI=1S/C11H22O9S/c1-2-3-4-5-19-11(10(15)8(14)6-12)9(7-13)20-21(16,17)18/h7-12,14-15H,2-6H2,1H3,(H,16,17,18)/t8-,9+,10-,11-/m1/s1. The van der Waals surface area contributed by atoms with E-state index in [9.17, 15) is 23.4 Å². The highest BCUT2D eigenvalue weighted by atomic mass is 32.3. The molecule has 0 spiro atoms. The van der Waals surface area contributed by atoms with Gasteiger partial charge < -0.3 is 24.9 Å². The minimum Gasteiger partial charge on any atom is -0.394 e. The van der Waals surface area contributed by atoms with Crippen molar-refractivity contribution in [3.63, 3.8) is 0 Å². The largest absolute Gasteiger partial charge is 0.398 e. The zero-order valence-corrected chi connectivity index (χ0v) is 12.5. The van der Waals surface area contributed by atoms with E-state index in [0.717, 1.165) is 12.8 Å². The summed E-state index contributed by atoms with van der Waals surface area (Å²) in [6.45, 7) is 1.19. The van der Waals surface area contributed by atoms with Crippen LogP contribution in [0.25, 0.3) is 0 Å². The van der Waals surface area contributed by atoms with Crippen LogP contribution in [0.4, 0.5) is 0 Å². The van der Waals surface area contributed by atoms with Gasteiger partial charge in [0.25, 0.3) is 0 Å². The lowest BCUT2D eigenvalue weighted by Gasteiger charge is -2.29. The first-order chi connectivity index (χ1) is 9.76. The van der Waals surface area contributed by atoms with Crippen molar-refractivity contribution in [2.45, 2.75) is 50.6 Å². The summed E-state index contributed by atoms with van der Waals surface area (Å²) in [7, 11) is -4.95. The fourth-order valence-electron chi connectivity index (χ4n) is 1.58. The average molecular weight is 330 g/mol. The van der Waals surface area contributed by atoms with Crippen molar-refractivity contribution in [3.8, 4) is 0 Å². The molecule has 0 radical (unpaired) electrons. The Hall–Kier alpha value is -0.620. The number of carbonyl (C=O) groups is 1. The van der Waals surface area contributed by atoms with Crippen LogP contribution in [0.15, 0.2) is 0 Å². The number of carbonyl (C=O) groups excluding carboxylic acids is 1. The highest BCUT2D eigenvalue weighted by Gasteiger charge is 2.36. The van der Waals surface area contributed by atoms with E-state index in [2.05, 4.69) is 4.18 Å². The zero-order valence-electron chi connectivity index (χ0n) is 11.7. The second kappa shape index (κ2) is 10.2. The van der Waals surface area contributed by atoms with Gasteiger partial charge in [0.2, 0.25) is 0 Å². The van der Waals surface area contributed by atoms with Gasteiger partial charge in [-0.1, -0.05) is 19.8 Å². The molecular formula is C11H22O9S. The van der Waals surface area contributed by atoms with E-state index in [1.54, 1.807) is 0 Å². The van der Waals surface area contributed by atoms with Crippen molar-refractivity contribution in [1.29, 1.82) is 0 Å². The van der Waals surface area contributed by atoms with Gasteiger partial charge in [0.05, 0.1) is 6.61 Å². The minimum atomic E-state index is -4.95. The molecule has 0 aromatic heterocycles. The highest BCUT2D eigenvalue weighted by molar-refractivity contribution is 7.80. The molecule has 0 saturated heterocycles. The molecule has 4 atom stereocenters. The maximum atomic E-state index is 10.9. The average Bonchev–Trinajstić information content (AvgIpc) is 2.42. The van der Waals surface area contributed by atoms with Crippen LogP contribution in [0.3, 0.4) is 0 Å². The quantitative estimate of drug-likeness (QED) is 0.194. The predicted octanol–water partition coefficient (Wildman–Crippen LogP) is -1.34. The summed E-state index contributed by atoms with van der Waals surface area (Å²) in [6.07, 6.45) is -4.55. The Morgan fingerprint density at radius 1 is 1.24 bits per heavy atom. The first kappa shape index (κ1) is 20.4. The molecule has 0 bridgehead atoms. The van der Waals surface area contributed by atoms with Crippen LogP contribution in [0.2, 0.25) is 0 Å². The third-order valence-corrected chi connectivity index (χ3v) is 3.13. The van der Waals surface area contributed by atoms with Crippen molar-refractivity contribution >= 4 is 16.7 Å². The molecule has 10 heteroatoms. The maximum Gasteiger partial charge on any atom is 0.398 e. The van der Waals surface area contributed by atoms with Gasteiger partial charge in [-0.3, -0.25) is 4.55 Å². The molecule has 0 aliphatic heterocycles. The van der Waals surface area contributed by atoms with Gasteiger partial charge in [-0.15, -0.1) is 0 Å². The number of aldehydes is 1. The third-order valence-electron chi connectivity index (χ3n) is 2.67. The van der Waals surface area contributed by atoms with Gasteiger partial charge in [0.15, 0.2) is 12.4 Å². The first-order valence-electron chi connectivity index (χ1n) is 6.46. The van der Waals surface area contributed by atoms with E-state index in [0.29, 0.717) is 6.42 Å². The molecule has 0 heterocycles. The lowest BCUT2D eigenvalue weighted by atomic mass is 10.0. The summed E-state index contributed by atoms with van der Waals surface area (Å²) in [6, 6.07) is 0. The van der Waals surface area contributed by atoms with Crippen LogP contribution >= 0.6 is 0 Å². The van der Waals surface area contributed by atoms with Crippen LogP contribution in [0.5, 0.6) is 0 Å². The molecule has 0 rings (SSSR count). The molecule has 0 unspecified atom stereocenters. The summed E-state index contributed by atoms with van der Waals surface area (Å²) in [5.41, 5.74) is 0. The molecule has 4 N–H and O–H groups in total. The van der Waals surface area contributed by atoms with E-state index in [4.69, 9.17) is 14.4 Å². The molecule has 126 valence electrons. The van der Waals surface area contributed by atoms with Gasteiger partial charge in [0, 0.05) is 6.61 Å². The van der Waals surface area contributed by atoms with Gasteiger partial charge in [0.1, 0.15) is 18.3 Å². The minimum absolute atomic E-state index is 0.0194. The van der Waals surface area contributed by atoms with Crippen LogP contribution in [0, 0.1) is 0 Å². The van der Waals surface area contributed by atoms with Crippen LogP contribution in [-0.2, 0) is 24.1 Å². The lowest BCUT2D eigenvalue weighted by molar-refractivity contribution is -0.146. The van der Waals surface area contributed by atoms with Crippen LogP contribution in [0.1, 0.15) is 26.2 Å². The van der Waals surface area contributed by atoms with Crippen molar-refractivity contribution < 1.29 is 42.0 Å². The molecule has 21 heavy (non-hydrogen) atoms. The zero-order chi connectivity index (χ0) is 16.5. The number of aliphatic hydroxyl groups excluding tert-OH is 3. The number of unbranched alkanes of at least 4 members (excludes halogenated alkanes) is 2. The van der Waals surface area contributed by atoms with Crippen molar-refractivity contribution in [3.05, 3.63) is 0 Å². The Balaban J connectivity index is 4.93. The van der Waals surface area contributed by atoms with E-state index < -0.39 is 41.4 Å². The van der Waals surface area contributed by atoms with E-state index in [1.807, 2.05) is 6.92 Å². The van der Waals surface area contributed by atoms with Crippen LogP contribution in [-0.4, -0.2) is 72.2 Å². The lowest BCUT2D eigenvalue weighted by Crippen LogP contribution is -2.49. The Labute approximate surface area is 123 Å². The first-order valence-corrected chi connectivity index (χ1v) is 7.82. The summed E-state index contributed by atoms with van der Waals surface area (Å²) in [5, 5.41) is 27.9. The molecule has 0 aliphatic carbocycles. The molecular weight excluding hydrogens is 308 g/mol. The molecule has 0 saturated carbocycles. The summed E-state index contributed by atoms with van der Waals surface area (Å²) < 4.78 is 39.2. The van der Waals surface area contributed by atoms with Crippen molar-refractivity contribution in [1.82, 2.24) is 0 Å². The Bertz CT molecular complexity index is 383. The number of hydrogen-bond donors (Lipinski definition) is 4. The highest BCUT2D eigenvalue weighted by Crippen LogP contribution is 2.14. The molecule has 0 aliphatic rings. The van der Waals surface area contributed by atoms with Gasteiger partial charge in [-0.25, -0.2) is 4.18 Å².